The third kappa shape index (κ3) is 2.79. The van der Waals surface area contributed by atoms with Crippen LogP contribution >= 0.6 is 0 Å². The molecule has 1 heterocycles. The Hall–Kier alpha value is -0.618. The number of hydrogen-bond acceptors (Lipinski definition) is 3. The first-order chi connectivity index (χ1) is 8.53. The molecule has 0 bridgehead atoms. The van der Waals surface area contributed by atoms with Gasteiger partial charge in [0.05, 0.1) is 11.2 Å². The topological polar surface area (TPSA) is 38.7 Å². The van der Waals surface area contributed by atoms with Gasteiger partial charge in [0.25, 0.3) is 0 Å². The SMILES string of the molecule is CC1(C)OB(c2ccc([Si](C)(C)O)cc2)OC1(C)C. The van der Waals surface area contributed by atoms with E-state index in [2.05, 4.69) is 0 Å². The highest BCUT2D eigenvalue weighted by molar-refractivity contribution is 6.83. The van der Waals surface area contributed by atoms with Gasteiger partial charge in [-0.3, -0.25) is 0 Å². The third-order valence-corrected chi connectivity index (χ3v) is 5.89. The van der Waals surface area contributed by atoms with Crippen molar-refractivity contribution >= 4 is 26.1 Å². The monoisotopic (exact) mass is 278 g/mol. The highest BCUT2D eigenvalue weighted by Crippen LogP contribution is 2.36. The van der Waals surface area contributed by atoms with Gasteiger partial charge >= 0.3 is 7.12 Å². The van der Waals surface area contributed by atoms with Crippen molar-refractivity contribution in [2.24, 2.45) is 0 Å². The standard InChI is InChI=1S/C14H23BO3Si/c1-13(2)14(3,4)18-15(17-13)11-7-9-12(10-8-11)19(5,6)16/h7-10,16H,1-6H3. The maximum Gasteiger partial charge on any atom is 0.494 e. The van der Waals surface area contributed by atoms with Crippen molar-refractivity contribution < 1.29 is 14.1 Å². The van der Waals surface area contributed by atoms with Crippen LogP contribution in [-0.4, -0.2) is 31.4 Å². The minimum atomic E-state index is -2.23. The molecule has 0 spiro atoms. The molecule has 0 amide bonds. The zero-order valence-electron chi connectivity index (χ0n) is 12.7. The van der Waals surface area contributed by atoms with E-state index in [0.29, 0.717) is 0 Å². The fraction of sp³-hybridized carbons (Fsp3) is 0.571. The fourth-order valence-corrected chi connectivity index (χ4v) is 3.01. The van der Waals surface area contributed by atoms with Gasteiger partial charge < -0.3 is 14.1 Å². The highest BCUT2D eigenvalue weighted by atomic mass is 28.4. The van der Waals surface area contributed by atoms with Gasteiger partial charge in [0.1, 0.15) is 0 Å². The molecule has 1 N–H and O–H groups in total. The van der Waals surface area contributed by atoms with E-state index >= 15 is 0 Å². The summed E-state index contributed by atoms with van der Waals surface area (Å²) in [5.41, 5.74) is 0.364. The van der Waals surface area contributed by atoms with E-state index in [4.69, 9.17) is 9.31 Å². The zero-order chi connectivity index (χ0) is 14.5. The summed E-state index contributed by atoms with van der Waals surface area (Å²) in [6.07, 6.45) is 0. The molecule has 0 atom stereocenters. The summed E-state index contributed by atoms with van der Waals surface area (Å²) in [4.78, 5) is 10.1. The van der Waals surface area contributed by atoms with Crippen molar-refractivity contribution in [2.45, 2.75) is 52.0 Å². The average molecular weight is 278 g/mol. The molecule has 1 fully saturated rings. The Morgan fingerprint density at radius 3 is 1.74 bits per heavy atom. The first kappa shape index (κ1) is 14.8. The van der Waals surface area contributed by atoms with E-state index in [1.54, 1.807) is 0 Å². The largest absolute Gasteiger partial charge is 0.494 e. The molecule has 1 aromatic rings. The molecule has 0 unspecified atom stereocenters. The lowest BCUT2D eigenvalue weighted by atomic mass is 9.79. The van der Waals surface area contributed by atoms with Crippen molar-refractivity contribution in [3.63, 3.8) is 0 Å². The lowest BCUT2D eigenvalue weighted by molar-refractivity contribution is 0.00578. The summed E-state index contributed by atoms with van der Waals surface area (Å²) in [5.74, 6) is 0. The fourth-order valence-electron chi connectivity index (χ4n) is 2.03. The molecular formula is C14H23BO3Si. The molecule has 5 heteroatoms. The average Bonchev–Trinajstić information content (AvgIpc) is 2.47. The first-order valence-corrected chi connectivity index (χ1v) is 9.66. The van der Waals surface area contributed by atoms with Gasteiger partial charge in [-0.1, -0.05) is 24.3 Å². The predicted molar refractivity (Wildman–Crippen MR) is 81.5 cm³/mol. The lowest BCUT2D eigenvalue weighted by Crippen LogP contribution is -2.43. The van der Waals surface area contributed by atoms with E-state index in [1.807, 2.05) is 65.1 Å². The molecular weight excluding hydrogens is 255 g/mol. The van der Waals surface area contributed by atoms with E-state index in [0.717, 1.165) is 10.6 Å². The summed E-state index contributed by atoms with van der Waals surface area (Å²) in [7, 11) is -2.57. The Bertz CT molecular complexity index is 447. The first-order valence-electron chi connectivity index (χ1n) is 6.71. The van der Waals surface area contributed by atoms with Gasteiger partial charge in [0.15, 0.2) is 0 Å². The van der Waals surface area contributed by atoms with Crippen molar-refractivity contribution in [1.82, 2.24) is 0 Å². The molecule has 0 saturated carbocycles. The number of benzene rings is 1. The van der Waals surface area contributed by atoms with Gasteiger partial charge in [-0.25, -0.2) is 0 Å². The summed E-state index contributed by atoms with van der Waals surface area (Å²) in [6, 6.07) is 7.93. The summed E-state index contributed by atoms with van der Waals surface area (Å²) >= 11 is 0. The Morgan fingerprint density at radius 1 is 0.947 bits per heavy atom. The lowest BCUT2D eigenvalue weighted by Gasteiger charge is -2.32. The van der Waals surface area contributed by atoms with Gasteiger partial charge in [-0.2, -0.15) is 0 Å². The van der Waals surface area contributed by atoms with Crippen LogP contribution in [0.25, 0.3) is 0 Å². The molecule has 104 valence electrons. The van der Waals surface area contributed by atoms with Gasteiger partial charge in [-0.15, -0.1) is 0 Å². The van der Waals surface area contributed by atoms with Gasteiger partial charge in [0.2, 0.25) is 8.32 Å². The molecule has 0 aliphatic carbocycles. The van der Waals surface area contributed by atoms with Crippen molar-refractivity contribution in [1.29, 1.82) is 0 Å². The maximum atomic E-state index is 10.1. The van der Waals surface area contributed by atoms with Crippen LogP contribution in [-0.2, 0) is 9.31 Å². The normalized spacial score (nSPS) is 21.7. The van der Waals surface area contributed by atoms with Crippen LogP contribution in [0.15, 0.2) is 24.3 Å². The molecule has 0 aromatic heterocycles. The molecule has 1 aliphatic rings. The maximum absolute atomic E-state index is 10.1. The quantitative estimate of drug-likeness (QED) is 0.831. The van der Waals surface area contributed by atoms with E-state index in [-0.39, 0.29) is 18.3 Å². The minimum absolute atomic E-state index is 0.318. The molecule has 1 aromatic carbocycles. The second-order valence-corrected chi connectivity index (χ2v) is 10.5. The van der Waals surface area contributed by atoms with Crippen LogP contribution in [0.2, 0.25) is 13.1 Å². The summed E-state index contributed by atoms with van der Waals surface area (Å²) in [6.45, 7) is 12.0. The van der Waals surface area contributed by atoms with Crippen molar-refractivity contribution in [3.8, 4) is 0 Å². The summed E-state index contributed by atoms with van der Waals surface area (Å²) in [5, 5.41) is 1.02. The molecule has 19 heavy (non-hydrogen) atoms. The Kier molecular flexibility index (Phi) is 3.46. The molecule has 2 rings (SSSR count). The smallest absolute Gasteiger partial charge is 0.428 e. The third-order valence-electron chi connectivity index (χ3n) is 4.14. The molecule has 1 aliphatic heterocycles. The van der Waals surface area contributed by atoms with Crippen LogP contribution in [0.3, 0.4) is 0 Å². The Morgan fingerprint density at radius 2 is 1.37 bits per heavy atom. The van der Waals surface area contributed by atoms with Crippen molar-refractivity contribution in [3.05, 3.63) is 24.3 Å². The predicted octanol–water partition coefficient (Wildman–Crippen LogP) is 1.39. The van der Waals surface area contributed by atoms with Gasteiger partial charge in [-0.05, 0) is 51.4 Å². The van der Waals surface area contributed by atoms with Crippen LogP contribution in [0, 0.1) is 0 Å². The Balaban J connectivity index is 2.22. The highest BCUT2D eigenvalue weighted by Gasteiger charge is 2.51. The molecule has 3 nitrogen and oxygen atoms in total. The van der Waals surface area contributed by atoms with Crippen LogP contribution in [0.4, 0.5) is 0 Å². The Labute approximate surface area is 117 Å². The second kappa shape index (κ2) is 4.45. The number of hydrogen-bond donors (Lipinski definition) is 1. The zero-order valence-corrected chi connectivity index (χ0v) is 13.7. The van der Waals surface area contributed by atoms with Gasteiger partial charge in [0, 0.05) is 0 Å². The van der Waals surface area contributed by atoms with Crippen LogP contribution in [0.5, 0.6) is 0 Å². The molecule has 1 saturated heterocycles. The number of rotatable bonds is 2. The minimum Gasteiger partial charge on any atom is -0.428 e. The summed E-state index contributed by atoms with van der Waals surface area (Å²) < 4.78 is 12.0. The van der Waals surface area contributed by atoms with Crippen molar-refractivity contribution in [2.75, 3.05) is 0 Å². The molecule has 0 radical (unpaired) electrons. The van der Waals surface area contributed by atoms with E-state index in [9.17, 15) is 4.80 Å². The van der Waals surface area contributed by atoms with Crippen LogP contribution in [0.1, 0.15) is 27.7 Å². The van der Waals surface area contributed by atoms with Crippen LogP contribution < -0.4 is 10.6 Å². The van der Waals surface area contributed by atoms with E-state index in [1.165, 1.54) is 0 Å². The second-order valence-electron chi connectivity index (χ2n) is 6.77. The van der Waals surface area contributed by atoms with E-state index < -0.39 is 8.32 Å².